The van der Waals surface area contributed by atoms with Crippen LogP contribution in [0.5, 0.6) is 0 Å². The third kappa shape index (κ3) is 3.00. The van der Waals surface area contributed by atoms with Crippen molar-refractivity contribution in [3.8, 4) is 0 Å². The number of aromatic nitrogens is 2. The van der Waals surface area contributed by atoms with Gasteiger partial charge in [-0.2, -0.15) is 4.98 Å². The quantitative estimate of drug-likeness (QED) is 0.915. The van der Waals surface area contributed by atoms with Crippen molar-refractivity contribution in [1.29, 1.82) is 0 Å². The Morgan fingerprint density at radius 3 is 2.90 bits per heavy atom. The molecule has 0 atom stereocenters. The molecule has 2 aromatic rings. The summed E-state index contributed by atoms with van der Waals surface area (Å²) in [6.07, 6.45) is 3.03. The Morgan fingerprint density at radius 1 is 1.35 bits per heavy atom. The highest BCUT2D eigenvalue weighted by molar-refractivity contribution is 7.97. The predicted molar refractivity (Wildman–Crippen MR) is 80.5 cm³/mol. The SMILES string of the molecule is NC1(c2noc(CSCc3cccc(Cl)c3)n2)CCC1. The number of thioether (sulfide) groups is 1. The summed E-state index contributed by atoms with van der Waals surface area (Å²) in [6, 6.07) is 7.86. The van der Waals surface area contributed by atoms with E-state index in [0.717, 1.165) is 30.0 Å². The second-order valence-electron chi connectivity index (χ2n) is 5.14. The fourth-order valence-electron chi connectivity index (χ4n) is 2.18. The molecule has 0 saturated heterocycles. The van der Waals surface area contributed by atoms with Gasteiger partial charge in [-0.25, -0.2) is 0 Å². The van der Waals surface area contributed by atoms with Gasteiger partial charge in [-0.05, 0) is 37.0 Å². The van der Waals surface area contributed by atoms with Gasteiger partial charge in [0.2, 0.25) is 5.89 Å². The maximum Gasteiger partial charge on any atom is 0.236 e. The summed E-state index contributed by atoms with van der Waals surface area (Å²) in [5.74, 6) is 2.85. The van der Waals surface area contributed by atoms with Gasteiger partial charge in [-0.3, -0.25) is 0 Å². The van der Waals surface area contributed by atoms with Crippen molar-refractivity contribution in [1.82, 2.24) is 10.1 Å². The molecule has 0 radical (unpaired) electrons. The second kappa shape index (κ2) is 5.76. The summed E-state index contributed by atoms with van der Waals surface area (Å²) >= 11 is 7.67. The molecular weight excluding hydrogens is 294 g/mol. The van der Waals surface area contributed by atoms with E-state index >= 15 is 0 Å². The first-order valence-electron chi connectivity index (χ1n) is 6.60. The zero-order chi connectivity index (χ0) is 14.0. The van der Waals surface area contributed by atoms with Crippen molar-refractivity contribution < 1.29 is 4.52 Å². The summed E-state index contributed by atoms with van der Waals surface area (Å²) < 4.78 is 5.26. The number of nitrogens with two attached hydrogens (primary N) is 1. The lowest BCUT2D eigenvalue weighted by molar-refractivity contribution is 0.229. The van der Waals surface area contributed by atoms with E-state index in [-0.39, 0.29) is 5.54 Å². The Morgan fingerprint density at radius 2 is 2.20 bits per heavy atom. The number of nitrogens with zero attached hydrogens (tertiary/aromatic N) is 2. The van der Waals surface area contributed by atoms with E-state index in [1.807, 2.05) is 18.2 Å². The largest absolute Gasteiger partial charge is 0.338 e. The first kappa shape index (κ1) is 13.9. The molecule has 2 N–H and O–H groups in total. The lowest BCUT2D eigenvalue weighted by Gasteiger charge is -2.34. The molecule has 1 aliphatic rings. The molecule has 1 heterocycles. The monoisotopic (exact) mass is 309 g/mol. The molecule has 6 heteroatoms. The van der Waals surface area contributed by atoms with Crippen molar-refractivity contribution in [3.63, 3.8) is 0 Å². The molecule has 1 fully saturated rings. The summed E-state index contributed by atoms with van der Waals surface area (Å²) in [4.78, 5) is 4.40. The van der Waals surface area contributed by atoms with E-state index in [4.69, 9.17) is 21.9 Å². The van der Waals surface area contributed by atoms with Crippen LogP contribution in [0.25, 0.3) is 0 Å². The molecule has 1 aromatic heterocycles. The fraction of sp³-hybridized carbons (Fsp3) is 0.429. The van der Waals surface area contributed by atoms with Crippen LogP contribution in [-0.2, 0) is 17.0 Å². The molecule has 0 unspecified atom stereocenters. The van der Waals surface area contributed by atoms with Gasteiger partial charge in [0.1, 0.15) is 0 Å². The fourth-order valence-corrected chi connectivity index (χ4v) is 3.20. The lowest BCUT2D eigenvalue weighted by Crippen LogP contribution is -2.44. The van der Waals surface area contributed by atoms with E-state index in [9.17, 15) is 0 Å². The maximum absolute atomic E-state index is 6.17. The van der Waals surface area contributed by atoms with Gasteiger partial charge in [0.15, 0.2) is 5.82 Å². The van der Waals surface area contributed by atoms with E-state index in [2.05, 4.69) is 16.2 Å². The first-order valence-corrected chi connectivity index (χ1v) is 8.13. The molecule has 0 bridgehead atoms. The van der Waals surface area contributed by atoms with Gasteiger partial charge >= 0.3 is 0 Å². The number of hydrogen-bond donors (Lipinski definition) is 1. The van der Waals surface area contributed by atoms with Crippen LogP contribution >= 0.6 is 23.4 Å². The molecule has 0 amide bonds. The Bertz CT molecular complexity index is 598. The zero-order valence-electron chi connectivity index (χ0n) is 11.0. The van der Waals surface area contributed by atoms with Crippen LogP contribution in [0.15, 0.2) is 28.8 Å². The molecule has 1 aliphatic carbocycles. The van der Waals surface area contributed by atoms with Crippen LogP contribution in [0.3, 0.4) is 0 Å². The molecule has 106 valence electrons. The van der Waals surface area contributed by atoms with E-state index in [1.54, 1.807) is 11.8 Å². The van der Waals surface area contributed by atoms with Crippen LogP contribution in [-0.4, -0.2) is 10.1 Å². The van der Waals surface area contributed by atoms with E-state index < -0.39 is 0 Å². The van der Waals surface area contributed by atoms with Crippen molar-refractivity contribution >= 4 is 23.4 Å². The lowest BCUT2D eigenvalue weighted by atomic mass is 9.77. The van der Waals surface area contributed by atoms with Crippen LogP contribution in [0.2, 0.25) is 5.02 Å². The van der Waals surface area contributed by atoms with Crippen LogP contribution in [0.4, 0.5) is 0 Å². The molecule has 20 heavy (non-hydrogen) atoms. The zero-order valence-corrected chi connectivity index (χ0v) is 12.6. The topological polar surface area (TPSA) is 64.9 Å². The molecule has 1 saturated carbocycles. The summed E-state index contributed by atoms with van der Waals surface area (Å²) in [7, 11) is 0. The third-order valence-electron chi connectivity index (χ3n) is 3.54. The normalized spacial score (nSPS) is 16.9. The predicted octanol–water partition coefficient (Wildman–Crippen LogP) is 3.49. The van der Waals surface area contributed by atoms with Gasteiger partial charge in [-0.15, -0.1) is 11.8 Å². The number of benzene rings is 1. The average molecular weight is 310 g/mol. The van der Waals surface area contributed by atoms with Gasteiger partial charge in [0.05, 0.1) is 11.3 Å². The standard InChI is InChI=1S/C14H16ClN3OS/c15-11-4-1-3-10(7-11)8-20-9-12-17-13(18-19-12)14(16)5-2-6-14/h1,3-4,7H,2,5-6,8-9,16H2. The summed E-state index contributed by atoms with van der Waals surface area (Å²) in [6.45, 7) is 0. The average Bonchev–Trinajstić information content (AvgIpc) is 2.85. The molecule has 1 aromatic carbocycles. The van der Waals surface area contributed by atoms with Crippen molar-refractivity contribution in [3.05, 3.63) is 46.6 Å². The number of halogens is 1. The minimum absolute atomic E-state index is 0.348. The van der Waals surface area contributed by atoms with E-state index in [1.165, 1.54) is 5.56 Å². The minimum Gasteiger partial charge on any atom is -0.338 e. The Kier molecular flexibility index (Phi) is 4.01. The Labute approximate surface area is 127 Å². The highest BCUT2D eigenvalue weighted by Gasteiger charge is 2.38. The first-order chi connectivity index (χ1) is 9.66. The Balaban J connectivity index is 1.54. The molecule has 0 spiro atoms. The van der Waals surface area contributed by atoms with Crippen LogP contribution in [0, 0.1) is 0 Å². The molecule has 4 nitrogen and oxygen atoms in total. The highest BCUT2D eigenvalue weighted by Crippen LogP contribution is 2.37. The minimum atomic E-state index is -0.348. The van der Waals surface area contributed by atoms with Gasteiger partial charge in [-0.1, -0.05) is 28.9 Å². The van der Waals surface area contributed by atoms with Gasteiger partial charge in [0, 0.05) is 10.8 Å². The summed E-state index contributed by atoms with van der Waals surface area (Å²) in [5, 5.41) is 4.77. The van der Waals surface area contributed by atoms with E-state index in [0.29, 0.717) is 17.5 Å². The highest BCUT2D eigenvalue weighted by atomic mass is 35.5. The summed E-state index contributed by atoms with van der Waals surface area (Å²) in [5.41, 5.74) is 7.01. The Hall–Kier alpha value is -1.04. The van der Waals surface area contributed by atoms with Crippen LogP contribution < -0.4 is 5.73 Å². The molecular formula is C14H16ClN3OS. The number of rotatable bonds is 5. The molecule has 3 rings (SSSR count). The van der Waals surface area contributed by atoms with Crippen molar-refractivity contribution in [2.45, 2.75) is 36.3 Å². The van der Waals surface area contributed by atoms with Crippen molar-refractivity contribution in [2.24, 2.45) is 5.73 Å². The van der Waals surface area contributed by atoms with Crippen LogP contribution in [0.1, 0.15) is 36.5 Å². The smallest absolute Gasteiger partial charge is 0.236 e. The number of hydrogen-bond acceptors (Lipinski definition) is 5. The van der Waals surface area contributed by atoms with Gasteiger partial charge in [0.25, 0.3) is 0 Å². The van der Waals surface area contributed by atoms with Crippen molar-refractivity contribution in [2.75, 3.05) is 0 Å². The maximum atomic E-state index is 6.17. The third-order valence-corrected chi connectivity index (χ3v) is 4.77. The van der Waals surface area contributed by atoms with Gasteiger partial charge < -0.3 is 10.3 Å². The molecule has 0 aliphatic heterocycles. The second-order valence-corrected chi connectivity index (χ2v) is 6.57.